The van der Waals surface area contributed by atoms with Crippen LogP contribution in [0.1, 0.15) is 67.2 Å². The highest BCUT2D eigenvalue weighted by Gasteiger charge is 2.50. The van der Waals surface area contributed by atoms with Gasteiger partial charge in [0.25, 0.3) is 5.91 Å². The predicted octanol–water partition coefficient (Wildman–Crippen LogP) is 2.85. The number of likely N-dealkylation sites (tertiary alicyclic amines) is 1. The Morgan fingerprint density at radius 3 is 2.42 bits per heavy atom. The number of hydroxylamine groups is 2. The van der Waals surface area contributed by atoms with Crippen LogP contribution in [0.5, 0.6) is 0 Å². The molecule has 10 nitrogen and oxygen atoms in total. The molecule has 0 aliphatic carbocycles. The van der Waals surface area contributed by atoms with Crippen LogP contribution in [0.3, 0.4) is 0 Å². The van der Waals surface area contributed by atoms with Crippen LogP contribution in [0, 0.1) is 5.92 Å². The first kappa shape index (κ1) is 26.7. The fraction of sp³-hybridized carbons (Fsp3) is 0.810. The summed E-state index contributed by atoms with van der Waals surface area (Å²) in [5.74, 6) is -1.64. The number of rotatable bonds is 8. The summed E-state index contributed by atoms with van der Waals surface area (Å²) < 4.78 is 10.5. The summed E-state index contributed by atoms with van der Waals surface area (Å²) in [5.41, 5.74) is -1.53. The van der Waals surface area contributed by atoms with E-state index in [-0.39, 0.29) is 13.0 Å². The second-order valence-electron chi connectivity index (χ2n) is 9.31. The van der Waals surface area contributed by atoms with Crippen molar-refractivity contribution in [2.24, 2.45) is 5.92 Å². The number of hydrogen-bond acceptors (Lipinski definition) is 7. The van der Waals surface area contributed by atoms with E-state index in [0.717, 1.165) is 16.4 Å². The van der Waals surface area contributed by atoms with Crippen LogP contribution in [0.25, 0.3) is 0 Å². The maximum atomic E-state index is 13.0. The molecule has 1 saturated heterocycles. The van der Waals surface area contributed by atoms with Gasteiger partial charge in [0.1, 0.15) is 11.6 Å². The molecule has 1 fully saturated rings. The van der Waals surface area contributed by atoms with Crippen molar-refractivity contribution >= 4 is 24.0 Å². The zero-order valence-corrected chi connectivity index (χ0v) is 19.9. The number of nitrogens with one attached hydrogen (secondary N) is 1. The van der Waals surface area contributed by atoms with Crippen molar-refractivity contribution in [1.29, 1.82) is 0 Å². The van der Waals surface area contributed by atoms with E-state index in [1.807, 2.05) is 6.92 Å². The third-order valence-corrected chi connectivity index (χ3v) is 4.92. The van der Waals surface area contributed by atoms with Crippen LogP contribution in [0.2, 0.25) is 0 Å². The summed E-state index contributed by atoms with van der Waals surface area (Å²) in [6.07, 6.45) is 0.411. The molecule has 1 rings (SSSR count). The van der Waals surface area contributed by atoms with Gasteiger partial charge in [0.05, 0.1) is 13.7 Å². The molecule has 0 bridgehead atoms. The lowest BCUT2D eigenvalue weighted by atomic mass is 9.91. The van der Waals surface area contributed by atoms with Gasteiger partial charge >= 0.3 is 12.2 Å². The quantitative estimate of drug-likeness (QED) is 0.453. The molecule has 1 N–H and O–H groups in total. The van der Waals surface area contributed by atoms with Gasteiger partial charge in [0.2, 0.25) is 5.91 Å². The second kappa shape index (κ2) is 10.8. The SMILES string of the molecule is CCCCOC(=O)N1C(=O)[C@@H](C[C@H](NC(=O)OC(C)(C)C)C(=O)N(C)OC)CC1(C)C. The van der Waals surface area contributed by atoms with Crippen LogP contribution in [-0.4, -0.2) is 71.9 Å². The number of alkyl carbamates (subject to hydrolysis) is 1. The molecule has 178 valence electrons. The van der Waals surface area contributed by atoms with Crippen molar-refractivity contribution in [1.82, 2.24) is 15.3 Å². The molecule has 1 heterocycles. The summed E-state index contributed by atoms with van der Waals surface area (Å²) in [4.78, 5) is 56.6. The van der Waals surface area contributed by atoms with Crippen molar-refractivity contribution in [3.8, 4) is 0 Å². The molecule has 0 radical (unpaired) electrons. The molecule has 1 aliphatic heterocycles. The summed E-state index contributed by atoms with van der Waals surface area (Å²) >= 11 is 0. The normalized spacial score (nSPS) is 19.0. The average molecular weight is 444 g/mol. The number of likely N-dealkylation sites (N-methyl/N-ethyl adjacent to an activating group) is 1. The number of imide groups is 1. The van der Waals surface area contributed by atoms with Crippen LogP contribution < -0.4 is 5.32 Å². The summed E-state index contributed by atoms with van der Waals surface area (Å²) in [6.45, 7) is 10.9. The molecule has 0 unspecified atom stereocenters. The van der Waals surface area contributed by atoms with E-state index in [2.05, 4.69) is 5.32 Å². The Bertz CT molecular complexity index is 672. The maximum Gasteiger partial charge on any atom is 0.417 e. The van der Waals surface area contributed by atoms with Gasteiger partial charge < -0.3 is 14.8 Å². The van der Waals surface area contributed by atoms with Gasteiger partial charge in [-0.25, -0.2) is 19.6 Å². The Labute approximate surface area is 184 Å². The summed E-state index contributed by atoms with van der Waals surface area (Å²) in [6, 6.07) is -1.07. The van der Waals surface area contributed by atoms with E-state index in [1.54, 1.807) is 34.6 Å². The van der Waals surface area contributed by atoms with Gasteiger partial charge in [0, 0.05) is 18.5 Å². The van der Waals surface area contributed by atoms with Crippen molar-refractivity contribution in [3.63, 3.8) is 0 Å². The van der Waals surface area contributed by atoms with E-state index in [4.69, 9.17) is 14.3 Å². The van der Waals surface area contributed by atoms with Gasteiger partial charge in [-0.15, -0.1) is 0 Å². The number of carbonyl (C=O) groups excluding carboxylic acids is 4. The van der Waals surface area contributed by atoms with E-state index < -0.39 is 47.1 Å². The Hall–Kier alpha value is -2.36. The molecule has 0 aromatic carbocycles. The lowest BCUT2D eigenvalue weighted by molar-refractivity contribution is -0.171. The lowest BCUT2D eigenvalue weighted by Crippen LogP contribution is -2.50. The van der Waals surface area contributed by atoms with Crippen molar-refractivity contribution < 1.29 is 33.5 Å². The number of carbonyl (C=O) groups is 4. The van der Waals surface area contributed by atoms with Crippen molar-refractivity contribution in [2.45, 2.75) is 84.4 Å². The fourth-order valence-electron chi connectivity index (χ4n) is 3.42. The fourth-order valence-corrected chi connectivity index (χ4v) is 3.42. The molecular formula is C21H37N3O7. The molecule has 2 atom stereocenters. The van der Waals surface area contributed by atoms with E-state index in [1.165, 1.54) is 14.2 Å². The van der Waals surface area contributed by atoms with Crippen molar-refractivity contribution in [3.05, 3.63) is 0 Å². The Balaban J connectivity index is 2.99. The third-order valence-electron chi connectivity index (χ3n) is 4.92. The van der Waals surface area contributed by atoms with Gasteiger partial charge in [0.15, 0.2) is 0 Å². The lowest BCUT2D eigenvalue weighted by Gasteiger charge is -2.28. The molecule has 1 aliphatic rings. The average Bonchev–Trinajstić information content (AvgIpc) is 2.86. The topological polar surface area (TPSA) is 114 Å². The largest absolute Gasteiger partial charge is 0.449 e. The number of amides is 4. The van der Waals surface area contributed by atoms with Crippen LogP contribution in [0.4, 0.5) is 9.59 Å². The van der Waals surface area contributed by atoms with E-state index in [0.29, 0.717) is 12.8 Å². The van der Waals surface area contributed by atoms with Crippen LogP contribution >= 0.6 is 0 Å². The Morgan fingerprint density at radius 2 is 1.90 bits per heavy atom. The Kier molecular flexibility index (Phi) is 9.28. The second-order valence-corrected chi connectivity index (χ2v) is 9.31. The first-order chi connectivity index (χ1) is 14.2. The minimum absolute atomic E-state index is 0.00716. The molecule has 0 saturated carbocycles. The minimum Gasteiger partial charge on any atom is -0.449 e. The summed E-state index contributed by atoms with van der Waals surface area (Å²) in [5, 5.41) is 3.51. The third kappa shape index (κ3) is 7.68. The van der Waals surface area contributed by atoms with Gasteiger partial charge in [-0.2, -0.15) is 0 Å². The molecular weight excluding hydrogens is 406 g/mol. The highest BCUT2D eigenvalue weighted by molar-refractivity contribution is 5.97. The monoisotopic (exact) mass is 443 g/mol. The maximum absolute atomic E-state index is 13.0. The molecule has 0 spiro atoms. The van der Waals surface area contributed by atoms with Gasteiger partial charge in [-0.1, -0.05) is 13.3 Å². The first-order valence-electron chi connectivity index (χ1n) is 10.6. The molecule has 10 heteroatoms. The number of hydrogen-bond donors (Lipinski definition) is 1. The van der Waals surface area contributed by atoms with Crippen molar-refractivity contribution in [2.75, 3.05) is 20.8 Å². The molecule has 0 aromatic heterocycles. The number of ether oxygens (including phenoxy) is 2. The number of nitrogens with zero attached hydrogens (tertiary/aromatic N) is 2. The smallest absolute Gasteiger partial charge is 0.417 e. The summed E-state index contributed by atoms with van der Waals surface area (Å²) in [7, 11) is 2.73. The highest BCUT2D eigenvalue weighted by Crippen LogP contribution is 2.37. The van der Waals surface area contributed by atoms with E-state index in [9.17, 15) is 19.2 Å². The van der Waals surface area contributed by atoms with Crippen LogP contribution in [-0.2, 0) is 23.9 Å². The molecule has 31 heavy (non-hydrogen) atoms. The van der Waals surface area contributed by atoms with Gasteiger partial charge in [-0.05, 0) is 53.9 Å². The minimum atomic E-state index is -1.07. The predicted molar refractivity (Wildman–Crippen MR) is 113 cm³/mol. The molecule has 4 amide bonds. The molecule has 0 aromatic rings. The number of unbranched alkanes of at least 4 members (excludes halogenated alkanes) is 1. The van der Waals surface area contributed by atoms with Gasteiger partial charge in [-0.3, -0.25) is 14.4 Å². The highest BCUT2D eigenvalue weighted by atomic mass is 16.7. The first-order valence-corrected chi connectivity index (χ1v) is 10.6. The van der Waals surface area contributed by atoms with E-state index >= 15 is 0 Å². The zero-order valence-electron chi connectivity index (χ0n) is 19.9. The zero-order chi connectivity index (χ0) is 24.0. The van der Waals surface area contributed by atoms with Crippen LogP contribution in [0.15, 0.2) is 0 Å². The standard InChI is InChI=1S/C21H37N3O7/c1-9-10-11-30-19(28)24-16(25)14(13-21(24,5)6)12-15(17(26)23(7)29-8)22-18(27)31-20(2,3)4/h14-15H,9-13H2,1-8H3,(H,22,27)/t14-,15-/m0/s1. The Morgan fingerprint density at radius 1 is 1.29 bits per heavy atom.